The lowest BCUT2D eigenvalue weighted by molar-refractivity contribution is -0.138. The van der Waals surface area contributed by atoms with Gasteiger partial charge in [-0.1, -0.05) is 13.3 Å². The fourth-order valence-electron chi connectivity index (χ4n) is 4.28. The van der Waals surface area contributed by atoms with Crippen LogP contribution in [0.5, 0.6) is 0 Å². The first-order chi connectivity index (χ1) is 10.1. The van der Waals surface area contributed by atoms with Crippen molar-refractivity contribution in [2.24, 2.45) is 17.8 Å². The van der Waals surface area contributed by atoms with E-state index in [2.05, 4.69) is 17.1 Å². The van der Waals surface area contributed by atoms with Crippen molar-refractivity contribution in [1.29, 1.82) is 0 Å². The van der Waals surface area contributed by atoms with Crippen LogP contribution in [0.15, 0.2) is 0 Å². The Kier molecular flexibility index (Phi) is 4.85. The number of piperidine rings is 1. The van der Waals surface area contributed by atoms with Gasteiger partial charge < -0.3 is 10.4 Å². The summed E-state index contributed by atoms with van der Waals surface area (Å²) < 4.78 is 0. The number of rotatable bonds is 6. The Bertz CT molecular complexity index is 370. The monoisotopic (exact) mass is 294 g/mol. The summed E-state index contributed by atoms with van der Waals surface area (Å²) in [6.07, 6.45) is 8.16. The molecule has 3 rings (SSSR count). The number of hydrogen-bond donors (Lipinski definition) is 2. The Hall–Kier alpha value is -0.610. The van der Waals surface area contributed by atoms with Crippen molar-refractivity contribution < 1.29 is 9.90 Å². The Morgan fingerprint density at radius 3 is 2.52 bits per heavy atom. The van der Waals surface area contributed by atoms with Gasteiger partial charge in [0.1, 0.15) is 0 Å². The van der Waals surface area contributed by atoms with E-state index >= 15 is 0 Å². The number of carboxylic acid groups (broad SMARTS) is 1. The quantitative estimate of drug-likeness (QED) is 0.789. The predicted molar refractivity (Wildman–Crippen MR) is 83.3 cm³/mol. The number of carboxylic acids is 1. The normalized spacial score (nSPS) is 37.8. The molecule has 4 unspecified atom stereocenters. The summed E-state index contributed by atoms with van der Waals surface area (Å²) in [5, 5.41) is 12.9. The van der Waals surface area contributed by atoms with E-state index in [4.69, 9.17) is 5.11 Å². The van der Waals surface area contributed by atoms with Crippen LogP contribution in [0, 0.1) is 17.8 Å². The maximum Gasteiger partial charge on any atom is 0.303 e. The summed E-state index contributed by atoms with van der Waals surface area (Å²) in [5.74, 6) is 1.35. The van der Waals surface area contributed by atoms with Gasteiger partial charge in [-0.2, -0.15) is 0 Å². The first-order valence-electron chi connectivity index (χ1n) is 8.81. The van der Waals surface area contributed by atoms with E-state index in [0.717, 1.165) is 37.9 Å². The summed E-state index contributed by atoms with van der Waals surface area (Å²) in [5.41, 5.74) is 0. The molecule has 0 aromatic heterocycles. The number of aliphatic carboxylic acids is 1. The molecule has 0 aromatic carbocycles. The van der Waals surface area contributed by atoms with Gasteiger partial charge in [-0.3, -0.25) is 9.69 Å². The van der Waals surface area contributed by atoms with Crippen molar-refractivity contribution in [3.05, 3.63) is 0 Å². The van der Waals surface area contributed by atoms with Gasteiger partial charge in [0.05, 0.1) is 0 Å². The molecule has 21 heavy (non-hydrogen) atoms. The molecule has 4 nitrogen and oxygen atoms in total. The number of hydrogen-bond acceptors (Lipinski definition) is 3. The minimum atomic E-state index is -0.638. The highest BCUT2D eigenvalue weighted by molar-refractivity contribution is 5.67. The first kappa shape index (κ1) is 15.3. The molecule has 2 saturated carbocycles. The maximum atomic E-state index is 11.1. The average molecular weight is 294 g/mol. The zero-order chi connectivity index (χ0) is 14.8. The second-order valence-electron chi connectivity index (χ2n) is 7.68. The standard InChI is InChI=1S/C17H30N2O2/c1-12-5-6-16(12)19-10-14(8-17(20)21)7-15(11-19)18-9-13-3-2-4-13/h12-16,18H,2-11H2,1H3,(H,20,21). The van der Waals surface area contributed by atoms with Gasteiger partial charge in [0.2, 0.25) is 0 Å². The van der Waals surface area contributed by atoms with Crippen molar-refractivity contribution >= 4 is 5.97 Å². The van der Waals surface area contributed by atoms with Crippen LogP contribution in [-0.4, -0.2) is 47.7 Å². The van der Waals surface area contributed by atoms with Gasteiger partial charge >= 0.3 is 5.97 Å². The van der Waals surface area contributed by atoms with Crippen LogP contribution in [-0.2, 0) is 4.79 Å². The third-order valence-electron chi connectivity index (χ3n) is 5.99. The first-order valence-corrected chi connectivity index (χ1v) is 8.81. The molecule has 2 aliphatic carbocycles. The van der Waals surface area contributed by atoms with Gasteiger partial charge in [0.25, 0.3) is 0 Å². The maximum absolute atomic E-state index is 11.1. The molecule has 120 valence electrons. The topological polar surface area (TPSA) is 52.6 Å². The lowest BCUT2D eigenvalue weighted by Crippen LogP contribution is -2.57. The summed E-state index contributed by atoms with van der Waals surface area (Å²) in [4.78, 5) is 13.7. The lowest BCUT2D eigenvalue weighted by atomic mass is 9.77. The van der Waals surface area contributed by atoms with Gasteiger partial charge in [-0.05, 0) is 56.4 Å². The molecular formula is C17H30N2O2. The Balaban J connectivity index is 1.54. The highest BCUT2D eigenvalue weighted by Gasteiger charge is 2.38. The van der Waals surface area contributed by atoms with E-state index < -0.39 is 5.97 Å². The van der Waals surface area contributed by atoms with E-state index in [1.54, 1.807) is 0 Å². The molecule has 4 atom stereocenters. The molecule has 4 heteroatoms. The van der Waals surface area contributed by atoms with Gasteiger partial charge in [0.15, 0.2) is 0 Å². The Morgan fingerprint density at radius 1 is 1.19 bits per heavy atom. The second-order valence-corrected chi connectivity index (χ2v) is 7.68. The third-order valence-corrected chi connectivity index (χ3v) is 5.99. The fraction of sp³-hybridized carbons (Fsp3) is 0.941. The smallest absolute Gasteiger partial charge is 0.303 e. The number of nitrogens with zero attached hydrogens (tertiary/aromatic N) is 1. The van der Waals surface area contributed by atoms with E-state index in [9.17, 15) is 4.79 Å². The zero-order valence-corrected chi connectivity index (χ0v) is 13.3. The second kappa shape index (κ2) is 6.66. The van der Waals surface area contributed by atoms with Crippen molar-refractivity contribution in [2.45, 2.75) is 64.0 Å². The molecule has 3 fully saturated rings. The molecule has 0 spiro atoms. The highest BCUT2D eigenvalue weighted by Crippen LogP contribution is 2.35. The van der Waals surface area contributed by atoms with Crippen molar-refractivity contribution in [2.75, 3.05) is 19.6 Å². The molecule has 0 radical (unpaired) electrons. The van der Waals surface area contributed by atoms with Crippen LogP contribution in [0.1, 0.15) is 51.9 Å². The third kappa shape index (κ3) is 3.78. The molecule has 3 aliphatic rings. The number of carbonyl (C=O) groups is 1. The van der Waals surface area contributed by atoms with Crippen molar-refractivity contribution in [3.63, 3.8) is 0 Å². The van der Waals surface area contributed by atoms with Crippen LogP contribution in [0.2, 0.25) is 0 Å². The molecule has 1 saturated heterocycles. The summed E-state index contributed by atoms with van der Waals surface area (Å²) in [7, 11) is 0. The zero-order valence-electron chi connectivity index (χ0n) is 13.3. The molecular weight excluding hydrogens is 264 g/mol. The van der Waals surface area contributed by atoms with Crippen LogP contribution < -0.4 is 5.32 Å². The summed E-state index contributed by atoms with van der Waals surface area (Å²) >= 11 is 0. The average Bonchev–Trinajstić information content (AvgIpc) is 2.34. The van der Waals surface area contributed by atoms with Gasteiger partial charge in [-0.25, -0.2) is 0 Å². The molecule has 0 amide bonds. The van der Waals surface area contributed by atoms with E-state index in [1.165, 1.54) is 32.1 Å². The largest absolute Gasteiger partial charge is 0.481 e. The highest BCUT2D eigenvalue weighted by atomic mass is 16.4. The van der Waals surface area contributed by atoms with Crippen LogP contribution in [0.3, 0.4) is 0 Å². The van der Waals surface area contributed by atoms with Gasteiger partial charge in [0, 0.05) is 31.6 Å². The molecule has 0 bridgehead atoms. The molecule has 2 N–H and O–H groups in total. The van der Waals surface area contributed by atoms with Crippen molar-refractivity contribution in [3.8, 4) is 0 Å². The van der Waals surface area contributed by atoms with E-state index in [1.807, 2.05) is 0 Å². The van der Waals surface area contributed by atoms with Crippen LogP contribution in [0.25, 0.3) is 0 Å². The summed E-state index contributed by atoms with van der Waals surface area (Å²) in [6, 6.07) is 1.20. The van der Waals surface area contributed by atoms with Crippen LogP contribution >= 0.6 is 0 Å². The van der Waals surface area contributed by atoms with E-state index in [0.29, 0.717) is 24.4 Å². The Morgan fingerprint density at radius 2 is 2.00 bits per heavy atom. The SMILES string of the molecule is CC1CCC1N1CC(CC(=O)O)CC(NCC2CCC2)C1. The van der Waals surface area contributed by atoms with Gasteiger partial charge in [-0.15, -0.1) is 0 Å². The Labute approximate surface area is 128 Å². The van der Waals surface area contributed by atoms with Crippen LogP contribution in [0.4, 0.5) is 0 Å². The minimum absolute atomic E-state index is 0.322. The van der Waals surface area contributed by atoms with E-state index in [-0.39, 0.29) is 0 Å². The number of nitrogens with one attached hydrogen (secondary N) is 1. The minimum Gasteiger partial charge on any atom is -0.481 e. The summed E-state index contributed by atoms with van der Waals surface area (Å²) in [6.45, 7) is 5.59. The fourth-order valence-corrected chi connectivity index (χ4v) is 4.28. The number of likely N-dealkylation sites (tertiary alicyclic amines) is 1. The lowest BCUT2D eigenvalue weighted by Gasteiger charge is -2.48. The molecule has 0 aromatic rings. The molecule has 1 aliphatic heterocycles. The van der Waals surface area contributed by atoms with Crippen molar-refractivity contribution in [1.82, 2.24) is 10.2 Å². The molecule has 1 heterocycles. The predicted octanol–water partition coefficient (Wildman–Crippen LogP) is 2.34.